The van der Waals surface area contributed by atoms with Crippen molar-refractivity contribution in [2.24, 2.45) is 5.73 Å². The standard InChI is InChI=1S/2C22H19N5O2S.C21H18N6O2S.C18H19N5O2S.C18H18N4O3S/c2*28-21-19-18(24-20(25-21)17-8-4-5-9-23-17)16(14-30-19)22(29)27-12-10-26(11-13-27)15-6-2-1-3-7-15;28-20-18-17(24-19(25-20)16-5-1-2-7-23-16)15(13-30-18)21(29)27-10-8-26(9-11-27)14-4-3-6-22-12-14;1-18(19)5-8-23(9-6-18)17(25)11-10-26-14-13(11)21-15(22-16(14)24)12-4-2-3-7-20-12;1-18(25)5-8-22(9-6-18)17(24)11-10-26-14-13(11)20-15(21-16(14)23)12-4-2-3-7-19-12/h2*1-9,14H,10-13H2,(H,24,25,28);1-7,12-13H,8-11H2,(H,24,25,28);2-4,7,10H,5-6,8-9,19H2,1H3,(H,21,22,24);2-4,7,10,25H,5-6,8-9H2,1H3,(H,20,21,23). The number of nitrogens with two attached hydrogens (primary N) is 1. The van der Waals surface area contributed by atoms with Gasteiger partial charge in [-0.2, -0.15) is 0 Å². The number of carbonyl (C=O) groups is 5. The van der Waals surface area contributed by atoms with Crippen molar-refractivity contribution in [3.63, 3.8) is 0 Å². The van der Waals surface area contributed by atoms with Crippen LogP contribution in [0.1, 0.15) is 91.3 Å². The second-order valence-corrected chi connectivity index (χ2v) is 39.1. The lowest BCUT2D eigenvalue weighted by Gasteiger charge is -2.36. The molecular weight excluding hydrogens is 1900 g/mol. The molecule has 21 heterocycles. The molecule has 0 aliphatic carbocycles. The largest absolute Gasteiger partial charge is 0.390 e. The van der Waals surface area contributed by atoms with Crippen molar-refractivity contribution < 1.29 is 29.1 Å². The molecule has 0 atom stereocenters. The first kappa shape index (κ1) is 95.1. The molecule has 0 radical (unpaired) electrons. The second-order valence-electron chi connectivity index (χ2n) is 34.7. The third-order valence-corrected chi connectivity index (χ3v) is 29.9. The van der Waals surface area contributed by atoms with E-state index in [1.807, 2.05) is 107 Å². The number of rotatable bonds is 13. The van der Waals surface area contributed by atoms with E-state index in [9.17, 15) is 53.1 Å². The van der Waals surface area contributed by atoms with Crippen LogP contribution in [0.3, 0.4) is 0 Å². The van der Waals surface area contributed by atoms with E-state index in [1.54, 1.807) is 141 Å². The molecule has 5 aliphatic rings. The second kappa shape index (κ2) is 42.1. The Morgan fingerprint density at radius 1 is 0.296 bits per heavy atom. The van der Waals surface area contributed by atoms with Crippen LogP contribution in [0.2, 0.25) is 0 Å². The Kier molecular flexibility index (Phi) is 28.2. The van der Waals surface area contributed by atoms with Gasteiger partial charge in [-0.15, -0.1) is 56.7 Å². The molecule has 23 rings (SSSR count). The molecule has 16 aromatic heterocycles. The van der Waals surface area contributed by atoms with Gasteiger partial charge in [0.15, 0.2) is 29.1 Å². The number of hydrogen-bond donors (Lipinski definition) is 7. The molecule has 2 aromatic carbocycles. The molecular formula is C101H93N25O11S5. The predicted molar refractivity (Wildman–Crippen MR) is 552 cm³/mol. The van der Waals surface area contributed by atoms with E-state index in [4.69, 9.17) is 5.73 Å². The van der Waals surface area contributed by atoms with Gasteiger partial charge in [0.1, 0.15) is 79.6 Å². The normalized spacial score (nSPS) is 15.2. The monoisotopic (exact) mass is 1990 g/mol. The number of carbonyl (C=O) groups excluding carboxylic acids is 5. The van der Waals surface area contributed by atoms with Crippen LogP contribution in [0, 0.1) is 0 Å². The lowest BCUT2D eigenvalue weighted by molar-refractivity contribution is -0.00201. The van der Waals surface area contributed by atoms with E-state index >= 15 is 0 Å². The smallest absolute Gasteiger partial charge is 0.269 e. The molecule has 5 fully saturated rings. The maximum Gasteiger partial charge on any atom is 0.269 e. The van der Waals surface area contributed by atoms with E-state index in [0.29, 0.717) is 215 Å². The Bertz CT molecular complexity index is 7290. The first-order valence-corrected chi connectivity index (χ1v) is 50.3. The number of nitrogens with one attached hydrogen (secondary N) is 5. The highest BCUT2D eigenvalue weighted by Gasteiger charge is 2.36. The maximum absolute atomic E-state index is 13.2. The SMILES string of the molecule is CC1(N)CCN(C(=O)c2csc3c(=O)[nH]c(-c4ccccn4)nc23)CC1.CC1(O)CCN(C(=O)c2csc3c(=O)[nH]c(-c4ccccn4)nc23)CC1.O=C(c1csc2c(=O)[nH]c(-c3ccccn3)nc12)N1CCN(c2ccccc2)CC1.O=C(c1csc2c(=O)[nH]c(-c3ccccn3)nc12)N1CCN(c2ccccc2)CC1.O=C(c1csc2c(=O)[nH]c(-c3ccccn3)nc12)N1CCN(c2cccnc2)CC1. The first-order valence-electron chi connectivity index (χ1n) is 45.9. The summed E-state index contributed by atoms with van der Waals surface area (Å²) in [5, 5.41) is 18.7. The quantitative estimate of drug-likeness (QED) is 0.0563. The Hall–Kier alpha value is -15.8. The van der Waals surface area contributed by atoms with Gasteiger partial charge in [-0.05, 0) is 137 Å². The molecule has 142 heavy (non-hydrogen) atoms. The van der Waals surface area contributed by atoms with Crippen molar-refractivity contribution >= 4 is 154 Å². The van der Waals surface area contributed by atoms with Gasteiger partial charge in [0.05, 0.1) is 45.3 Å². The summed E-state index contributed by atoms with van der Waals surface area (Å²) in [4.78, 5) is 206. The average Bonchev–Trinajstić information content (AvgIpc) is 1.64. The third-order valence-electron chi connectivity index (χ3n) is 25.1. The highest BCUT2D eigenvalue weighted by molar-refractivity contribution is 7.18. The number of likely N-dealkylation sites (tertiary alicyclic amines) is 2. The summed E-state index contributed by atoms with van der Waals surface area (Å²) < 4.78 is 2.25. The highest BCUT2D eigenvalue weighted by Crippen LogP contribution is 2.35. The van der Waals surface area contributed by atoms with E-state index in [2.05, 4.69) is 119 Å². The fourth-order valence-corrected chi connectivity index (χ4v) is 21.5. The average molecular weight is 1990 g/mol. The van der Waals surface area contributed by atoms with Gasteiger partial charge in [-0.3, -0.25) is 77.8 Å². The molecule has 36 nitrogen and oxygen atoms in total. The minimum absolute atomic E-state index is 0.0842. The van der Waals surface area contributed by atoms with Crippen LogP contribution in [0.15, 0.2) is 258 Å². The van der Waals surface area contributed by atoms with E-state index in [-0.39, 0.29) is 62.9 Å². The van der Waals surface area contributed by atoms with Crippen molar-refractivity contribution in [3.05, 3.63) is 314 Å². The highest BCUT2D eigenvalue weighted by atomic mass is 32.1. The van der Waals surface area contributed by atoms with Crippen LogP contribution in [-0.4, -0.2) is 255 Å². The fraction of sp³-hybridized carbons (Fsp3) is 0.238. The van der Waals surface area contributed by atoms with Crippen molar-refractivity contribution in [1.29, 1.82) is 0 Å². The molecule has 5 saturated heterocycles. The lowest BCUT2D eigenvalue weighted by atomic mass is 9.91. The Morgan fingerprint density at radius 2 is 0.528 bits per heavy atom. The van der Waals surface area contributed by atoms with Crippen molar-refractivity contribution in [2.45, 2.75) is 50.7 Å². The molecule has 0 saturated carbocycles. The number of fused-ring (bicyclic) bond motifs is 5. The summed E-state index contributed by atoms with van der Waals surface area (Å²) in [6, 6.07) is 51.3. The van der Waals surface area contributed by atoms with Crippen LogP contribution >= 0.6 is 56.7 Å². The first-order chi connectivity index (χ1) is 69.0. The van der Waals surface area contributed by atoms with Gasteiger partial charge < -0.3 is 75.0 Å². The van der Waals surface area contributed by atoms with E-state index in [0.717, 1.165) is 57.8 Å². The van der Waals surface area contributed by atoms with Crippen LogP contribution in [0.25, 0.3) is 109 Å². The molecule has 41 heteroatoms. The summed E-state index contributed by atoms with van der Waals surface area (Å²) in [5.74, 6) is 1.29. The maximum atomic E-state index is 13.2. The number of amides is 5. The number of piperidine rings is 2. The molecule has 0 spiro atoms. The Balaban J connectivity index is 0.000000113. The number of piperazine rings is 3. The molecule has 5 aliphatic heterocycles. The zero-order chi connectivity index (χ0) is 98.1. The summed E-state index contributed by atoms with van der Waals surface area (Å²) in [7, 11) is 0. The molecule has 0 unspecified atom stereocenters. The van der Waals surface area contributed by atoms with Crippen LogP contribution in [0.4, 0.5) is 17.1 Å². The molecule has 718 valence electrons. The van der Waals surface area contributed by atoms with Gasteiger partial charge >= 0.3 is 0 Å². The summed E-state index contributed by atoms with van der Waals surface area (Å²) >= 11 is 6.19. The number of benzene rings is 2. The molecule has 18 aromatic rings. The summed E-state index contributed by atoms with van der Waals surface area (Å²) in [6.45, 7) is 14.2. The summed E-state index contributed by atoms with van der Waals surface area (Å²) in [6.07, 6.45) is 14.4. The van der Waals surface area contributed by atoms with Crippen LogP contribution in [0.5, 0.6) is 0 Å². The number of H-pyrrole nitrogens is 5. The number of aromatic nitrogens is 16. The summed E-state index contributed by atoms with van der Waals surface area (Å²) in [5.41, 5.74) is 14.6. The number of thiophene rings is 5. The van der Waals surface area contributed by atoms with Crippen molar-refractivity contribution in [1.82, 2.24) is 104 Å². The number of anilines is 3. The van der Waals surface area contributed by atoms with Gasteiger partial charge in [0.25, 0.3) is 57.3 Å². The van der Waals surface area contributed by atoms with E-state index < -0.39 is 5.60 Å². The van der Waals surface area contributed by atoms with Crippen LogP contribution in [-0.2, 0) is 0 Å². The van der Waals surface area contributed by atoms with Gasteiger partial charge in [-0.1, -0.05) is 66.7 Å². The van der Waals surface area contributed by atoms with Gasteiger partial charge in [0, 0.05) is 186 Å². The van der Waals surface area contributed by atoms with Crippen molar-refractivity contribution in [2.75, 3.05) is 119 Å². The minimum Gasteiger partial charge on any atom is -0.390 e. The minimum atomic E-state index is -0.727. The number of aliphatic hydroxyl groups is 1. The topological polar surface area (TPSA) is 464 Å². The van der Waals surface area contributed by atoms with Gasteiger partial charge in [0.2, 0.25) is 0 Å². The molecule has 8 N–H and O–H groups in total. The third kappa shape index (κ3) is 21.1. The lowest BCUT2D eigenvalue weighted by Crippen LogP contribution is -2.49. The number of pyridine rings is 6. The number of hydrogen-bond acceptors (Lipinski definition) is 31. The number of para-hydroxylation sites is 2. The number of aromatic amines is 5. The zero-order valence-electron chi connectivity index (χ0n) is 76.8. The zero-order valence-corrected chi connectivity index (χ0v) is 80.9. The molecule has 5 amide bonds. The Morgan fingerprint density at radius 3 is 0.768 bits per heavy atom. The Labute approximate surface area is 829 Å². The fourth-order valence-electron chi connectivity index (χ4n) is 17.1. The van der Waals surface area contributed by atoms with Crippen LogP contribution < -0.4 is 48.2 Å². The van der Waals surface area contributed by atoms with Gasteiger partial charge in [-0.25, -0.2) is 24.9 Å². The molecule has 0 bridgehead atoms. The predicted octanol–water partition coefficient (Wildman–Crippen LogP) is 12.5. The number of nitrogens with zero attached hydrogens (tertiary/aromatic N) is 19. The van der Waals surface area contributed by atoms with Crippen molar-refractivity contribution in [3.8, 4) is 57.6 Å². The van der Waals surface area contributed by atoms with E-state index in [1.165, 1.54) is 68.1 Å².